The minimum Gasteiger partial charge on any atom is -0.481 e. The van der Waals surface area contributed by atoms with Gasteiger partial charge in [0.05, 0.1) is 6.42 Å². The van der Waals surface area contributed by atoms with E-state index >= 15 is 0 Å². The van der Waals surface area contributed by atoms with Crippen LogP contribution in [0.25, 0.3) is 16.7 Å². The van der Waals surface area contributed by atoms with Crippen LogP contribution in [-0.4, -0.2) is 30.2 Å². The lowest BCUT2D eigenvalue weighted by Crippen LogP contribution is -2.36. The van der Waals surface area contributed by atoms with Gasteiger partial charge in [-0.05, 0) is 5.57 Å². The van der Waals surface area contributed by atoms with Crippen molar-refractivity contribution in [2.24, 2.45) is 14.1 Å². The third-order valence-corrected chi connectivity index (χ3v) is 2.79. The van der Waals surface area contributed by atoms with Crippen molar-refractivity contribution in [3.63, 3.8) is 0 Å². The van der Waals surface area contributed by atoms with E-state index in [9.17, 15) is 14.4 Å². The van der Waals surface area contributed by atoms with E-state index in [2.05, 4.69) is 16.5 Å². The number of rotatable bonds is 3. The molecule has 0 radical (unpaired) electrons. The second-order valence-electron chi connectivity index (χ2n) is 4.16. The molecule has 8 heteroatoms. The molecular weight excluding hydrogens is 252 g/mol. The Morgan fingerprint density at radius 3 is 2.58 bits per heavy atom. The maximum Gasteiger partial charge on any atom is 0.332 e. The topological polar surface area (TPSA) is 110 Å². The molecule has 0 aromatic carbocycles. The number of nitrogens with zero attached hydrogens (tertiary/aromatic N) is 3. The molecule has 2 N–H and O–H groups in total. The number of fused-ring (bicyclic) bond motifs is 1. The molecule has 0 saturated carbocycles. The second kappa shape index (κ2) is 4.23. The van der Waals surface area contributed by atoms with Gasteiger partial charge < -0.3 is 10.1 Å². The summed E-state index contributed by atoms with van der Waals surface area (Å²) in [6.45, 7) is 3.59. The molecule has 2 aromatic heterocycles. The third kappa shape index (κ3) is 1.96. The summed E-state index contributed by atoms with van der Waals surface area (Å²) in [5.41, 5.74) is -0.460. The lowest BCUT2D eigenvalue weighted by Gasteiger charge is -2.00. The normalized spacial score (nSPS) is 10.8. The maximum atomic E-state index is 11.9. The zero-order valence-electron chi connectivity index (χ0n) is 10.4. The number of aromatic nitrogens is 4. The number of hydrogen-bond acceptors (Lipinski definition) is 4. The zero-order valence-corrected chi connectivity index (χ0v) is 10.4. The lowest BCUT2D eigenvalue weighted by atomic mass is 10.2. The molecule has 100 valence electrons. The highest BCUT2D eigenvalue weighted by Crippen LogP contribution is 2.14. The third-order valence-electron chi connectivity index (χ3n) is 2.79. The van der Waals surface area contributed by atoms with Gasteiger partial charge in [-0.2, -0.15) is 0 Å². The first kappa shape index (κ1) is 12.8. The molecule has 0 unspecified atom stereocenters. The first-order chi connectivity index (χ1) is 8.82. The quantitative estimate of drug-likeness (QED) is 0.772. The first-order valence-electron chi connectivity index (χ1n) is 5.38. The number of aromatic amines is 1. The number of nitrogens with one attached hydrogen (secondary N) is 1. The number of carboxylic acids is 1. The standard InChI is InChI=1S/C11H12N4O4/c1-5(4-6(16)17)8-12-7-9(13-8)14(2)11(19)15(3)10(7)18/h1,4H2,2-3H3,(H,12,13)(H,16,17). The van der Waals surface area contributed by atoms with Crippen LogP contribution in [0.1, 0.15) is 12.2 Å². The van der Waals surface area contributed by atoms with E-state index in [0.29, 0.717) is 0 Å². The summed E-state index contributed by atoms with van der Waals surface area (Å²) in [6, 6.07) is 0. The van der Waals surface area contributed by atoms with Crippen LogP contribution in [0.5, 0.6) is 0 Å². The van der Waals surface area contributed by atoms with Crippen molar-refractivity contribution >= 4 is 22.7 Å². The van der Waals surface area contributed by atoms with Crippen molar-refractivity contribution in [1.29, 1.82) is 0 Å². The monoisotopic (exact) mass is 264 g/mol. The highest BCUT2D eigenvalue weighted by atomic mass is 16.4. The molecule has 0 fully saturated rings. The lowest BCUT2D eigenvalue weighted by molar-refractivity contribution is -0.135. The fraction of sp³-hybridized carbons (Fsp3) is 0.273. The Balaban J connectivity index is 2.71. The molecule has 2 heterocycles. The summed E-state index contributed by atoms with van der Waals surface area (Å²) >= 11 is 0. The van der Waals surface area contributed by atoms with Gasteiger partial charge in [0.2, 0.25) is 0 Å². The summed E-state index contributed by atoms with van der Waals surface area (Å²) in [7, 11) is 2.84. The van der Waals surface area contributed by atoms with Gasteiger partial charge >= 0.3 is 11.7 Å². The molecule has 0 bridgehead atoms. The van der Waals surface area contributed by atoms with Crippen LogP contribution in [0.2, 0.25) is 0 Å². The highest BCUT2D eigenvalue weighted by Gasteiger charge is 2.15. The van der Waals surface area contributed by atoms with Gasteiger partial charge in [-0.15, -0.1) is 0 Å². The molecule has 0 spiro atoms. The Hall–Kier alpha value is -2.64. The number of aryl methyl sites for hydroxylation is 1. The van der Waals surface area contributed by atoms with Gasteiger partial charge in [-0.3, -0.25) is 18.7 Å². The second-order valence-corrected chi connectivity index (χ2v) is 4.16. The smallest absolute Gasteiger partial charge is 0.332 e. The molecule has 0 aliphatic heterocycles. The molecule has 2 rings (SSSR count). The van der Waals surface area contributed by atoms with Gasteiger partial charge in [0.1, 0.15) is 11.3 Å². The molecule has 19 heavy (non-hydrogen) atoms. The molecule has 0 aliphatic carbocycles. The predicted molar refractivity (Wildman–Crippen MR) is 67.9 cm³/mol. The average Bonchev–Trinajstić information content (AvgIpc) is 2.78. The van der Waals surface area contributed by atoms with Crippen LogP contribution >= 0.6 is 0 Å². The van der Waals surface area contributed by atoms with E-state index in [-0.39, 0.29) is 29.0 Å². The summed E-state index contributed by atoms with van der Waals surface area (Å²) in [4.78, 5) is 41.0. The number of aliphatic carboxylic acids is 1. The number of carbonyl (C=O) groups is 1. The molecule has 0 atom stereocenters. The van der Waals surface area contributed by atoms with Crippen LogP contribution in [0, 0.1) is 0 Å². The van der Waals surface area contributed by atoms with E-state index in [4.69, 9.17) is 5.11 Å². The van der Waals surface area contributed by atoms with Crippen molar-refractivity contribution in [3.05, 3.63) is 33.2 Å². The fourth-order valence-corrected chi connectivity index (χ4v) is 1.76. The minimum atomic E-state index is -1.05. The van der Waals surface area contributed by atoms with E-state index in [1.54, 1.807) is 0 Å². The van der Waals surface area contributed by atoms with E-state index in [1.807, 2.05) is 0 Å². The van der Waals surface area contributed by atoms with Crippen LogP contribution in [0.4, 0.5) is 0 Å². The molecule has 0 aliphatic rings. The number of H-pyrrole nitrogens is 1. The Labute approximate surface area is 106 Å². The number of hydrogen-bond donors (Lipinski definition) is 2. The Morgan fingerprint density at radius 2 is 2.00 bits per heavy atom. The van der Waals surface area contributed by atoms with Gasteiger partial charge in [0, 0.05) is 14.1 Å². The Morgan fingerprint density at radius 1 is 1.37 bits per heavy atom. The van der Waals surface area contributed by atoms with Crippen molar-refractivity contribution in [1.82, 2.24) is 19.1 Å². The summed E-state index contributed by atoms with van der Waals surface area (Å²) < 4.78 is 2.16. The average molecular weight is 264 g/mol. The molecular formula is C11H12N4O4. The molecule has 2 aromatic rings. The Bertz CT molecular complexity index is 808. The van der Waals surface area contributed by atoms with E-state index in [0.717, 1.165) is 4.57 Å². The molecule has 8 nitrogen and oxygen atoms in total. The Kier molecular flexibility index (Phi) is 2.85. The van der Waals surface area contributed by atoms with Crippen LogP contribution < -0.4 is 11.2 Å². The first-order valence-corrected chi connectivity index (χ1v) is 5.38. The highest BCUT2D eigenvalue weighted by molar-refractivity contribution is 5.83. The van der Waals surface area contributed by atoms with Crippen LogP contribution in [-0.2, 0) is 18.9 Å². The van der Waals surface area contributed by atoms with E-state index < -0.39 is 17.2 Å². The summed E-state index contributed by atoms with van der Waals surface area (Å²) in [5.74, 6) is -0.858. The zero-order chi connectivity index (χ0) is 14.3. The largest absolute Gasteiger partial charge is 0.481 e. The van der Waals surface area contributed by atoms with Crippen molar-refractivity contribution in [2.75, 3.05) is 0 Å². The maximum absolute atomic E-state index is 11.9. The van der Waals surface area contributed by atoms with Gasteiger partial charge in [-0.25, -0.2) is 9.78 Å². The van der Waals surface area contributed by atoms with Crippen molar-refractivity contribution < 1.29 is 9.90 Å². The van der Waals surface area contributed by atoms with E-state index in [1.165, 1.54) is 18.7 Å². The molecule has 0 saturated heterocycles. The minimum absolute atomic E-state index is 0.145. The number of imidazole rings is 1. The van der Waals surface area contributed by atoms with Crippen molar-refractivity contribution in [2.45, 2.75) is 6.42 Å². The fourth-order valence-electron chi connectivity index (χ4n) is 1.76. The SMILES string of the molecule is C=C(CC(=O)O)c1nc2c([nH]1)c(=O)n(C)c(=O)n2C. The summed E-state index contributed by atoms with van der Waals surface area (Å²) in [5, 5.41) is 8.69. The molecule has 0 amide bonds. The van der Waals surface area contributed by atoms with Crippen LogP contribution in [0.15, 0.2) is 16.2 Å². The van der Waals surface area contributed by atoms with Gasteiger partial charge in [0.15, 0.2) is 5.65 Å². The van der Waals surface area contributed by atoms with Gasteiger partial charge in [0.25, 0.3) is 5.56 Å². The van der Waals surface area contributed by atoms with Crippen molar-refractivity contribution in [3.8, 4) is 0 Å². The predicted octanol–water partition coefficient (Wildman–Crippen LogP) is -0.552. The van der Waals surface area contributed by atoms with Crippen LogP contribution in [0.3, 0.4) is 0 Å². The number of carboxylic acid groups (broad SMARTS) is 1. The summed E-state index contributed by atoms with van der Waals surface area (Å²) in [6.07, 6.45) is -0.298. The van der Waals surface area contributed by atoms with Gasteiger partial charge in [-0.1, -0.05) is 6.58 Å².